The van der Waals surface area contributed by atoms with E-state index in [-0.39, 0.29) is 0 Å². The molecule has 0 bridgehead atoms. The van der Waals surface area contributed by atoms with Gasteiger partial charge in [0.05, 0.1) is 16.2 Å². The quantitative estimate of drug-likeness (QED) is 0.688. The molecule has 0 aliphatic rings. The van der Waals surface area contributed by atoms with Gasteiger partial charge in [-0.2, -0.15) is 0 Å². The molecule has 0 aliphatic heterocycles. The maximum Gasteiger partial charge on any atom is 0.106 e. The fraction of sp³-hybridized carbons (Fsp3) is 0.250. The molecule has 0 saturated heterocycles. The smallest absolute Gasteiger partial charge is 0.106 e. The van der Waals surface area contributed by atoms with Crippen LogP contribution < -0.4 is 0 Å². The molecule has 0 radical (unpaired) electrons. The van der Waals surface area contributed by atoms with E-state index in [1.54, 1.807) is 6.20 Å². The first-order valence-corrected chi connectivity index (χ1v) is 4.42. The van der Waals surface area contributed by atoms with Crippen LogP contribution in [0.25, 0.3) is 11.0 Å². The fourth-order valence-corrected chi connectivity index (χ4v) is 1.60. The van der Waals surface area contributed by atoms with Crippen molar-refractivity contribution in [1.82, 2.24) is 14.5 Å². The number of pyridine rings is 1. The van der Waals surface area contributed by atoms with Gasteiger partial charge in [0.15, 0.2) is 0 Å². The first kappa shape index (κ1) is 7.73. The average molecular weight is 226 g/mol. The second-order valence-electron chi connectivity index (χ2n) is 2.71. The Morgan fingerprint density at radius 1 is 1.42 bits per heavy atom. The van der Waals surface area contributed by atoms with Crippen molar-refractivity contribution < 1.29 is 0 Å². The molecular formula is C8H8BrN3. The van der Waals surface area contributed by atoms with Crippen LogP contribution >= 0.6 is 15.9 Å². The van der Waals surface area contributed by atoms with Crippen LogP contribution in [-0.4, -0.2) is 14.5 Å². The Labute approximate surface area is 78.6 Å². The topological polar surface area (TPSA) is 30.7 Å². The maximum absolute atomic E-state index is 4.39. The van der Waals surface area contributed by atoms with Gasteiger partial charge in [-0.3, -0.25) is 4.98 Å². The lowest BCUT2D eigenvalue weighted by molar-refractivity contribution is 0.884. The third-order valence-corrected chi connectivity index (χ3v) is 2.55. The predicted octanol–water partition coefficient (Wildman–Crippen LogP) is 2.04. The van der Waals surface area contributed by atoms with Gasteiger partial charge in [-0.15, -0.1) is 0 Å². The second kappa shape index (κ2) is 2.55. The normalized spacial score (nSPS) is 10.9. The molecule has 0 amide bonds. The third-order valence-electron chi connectivity index (χ3n) is 1.97. The van der Waals surface area contributed by atoms with Crippen LogP contribution in [0.1, 0.15) is 5.82 Å². The summed E-state index contributed by atoms with van der Waals surface area (Å²) in [6.45, 7) is 1.98. The van der Waals surface area contributed by atoms with Crippen molar-refractivity contribution in [3.05, 3.63) is 22.7 Å². The number of aromatic nitrogens is 3. The van der Waals surface area contributed by atoms with E-state index in [9.17, 15) is 0 Å². The lowest BCUT2D eigenvalue weighted by atomic mass is 10.4. The van der Waals surface area contributed by atoms with Crippen LogP contribution in [0.3, 0.4) is 0 Å². The Morgan fingerprint density at radius 3 is 2.83 bits per heavy atom. The van der Waals surface area contributed by atoms with Gasteiger partial charge in [0, 0.05) is 13.2 Å². The van der Waals surface area contributed by atoms with E-state index in [4.69, 9.17) is 0 Å². The number of imidazole rings is 1. The highest BCUT2D eigenvalue weighted by Crippen LogP contribution is 2.21. The molecule has 2 rings (SSSR count). The van der Waals surface area contributed by atoms with Crippen LogP contribution in [0, 0.1) is 6.92 Å². The maximum atomic E-state index is 4.39. The SMILES string of the molecule is Cc1nc2c(Br)cncc2n1C. The number of rotatable bonds is 0. The van der Waals surface area contributed by atoms with E-state index in [2.05, 4.69) is 25.9 Å². The van der Waals surface area contributed by atoms with Gasteiger partial charge >= 0.3 is 0 Å². The Hall–Kier alpha value is -0.900. The van der Waals surface area contributed by atoms with Gasteiger partial charge in [0.25, 0.3) is 0 Å². The largest absolute Gasteiger partial charge is 0.330 e. The highest BCUT2D eigenvalue weighted by Gasteiger charge is 2.06. The van der Waals surface area contributed by atoms with E-state index in [0.717, 1.165) is 21.3 Å². The predicted molar refractivity (Wildman–Crippen MR) is 50.9 cm³/mol. The molecule has 12 heavy (non-hydrogen) atoms. The molecule has 0 spiro atoms. The van der Waals surface area contributed by atoms with Crippen LogP contribution in [0.2, 0.25) is 0 Å². The summed E-state index contributed by atoms with van der Waals surface area (Å²) in [5, 5.41) is 0. The Bertz CT molecular complexity index is 433. The molecule has 0 unspecified atom stereocenters. The lowest BCUT2D eigenvalue weighted by Gasteiger charge is -1.94. The highest BCUT2D eigenvalue weighted by atomic mass is 79.9. The monoisotopic (exact) mass is 225 g/mol. The molecule has 4 heteroatoms. The van der Waals surface area contributed by atoms with Crippen LogP contribution in [0.5, 0.6) is 0 Å². The fourth-order valence-electron chi connectivity index (χ4n) is 1.19. The van der Waals surface area contributed by atoms with Crippen molar-refractivity contribution in [2.24, 2.45) is 7.05 Å². The number of fused-ring (bicyclic) bond motifs is 1. The number of aryl methyl sites for hydroxylation is 2. The van der Waals surface area contributed by atoms with Crippen molar-refractivity contribution in [3.8, 4) is 0 Å². The lowest BCUT2D eigenvalue weighted by Crippen LogP contribution is -1.90. The summed E-state index contributed by atoms with van der Waals surface area (Å²) in [5.74, 6) is 0.999. The zero-order valence-electron chi connectivity index (χ0n) is 6.87. The van der Waals surface area contributed by atoms with E-state index in [1.807, 2.05) is 24.7 Å². The highest BCUT2D eigenvalue weighted by molar-refractivity contribution is 9.10. The molecule has 0 saturated carbocycles. The summed E-state index contributed by atoms with van der Waals surface area (Å²) < 4.78 is 2.97. The van der Waals surface area contributed by atoms with E-state index in [1.165, 1.54) is 0 Å². The Morgan fingerprint density at radius 2 is 2.17 bits per heavy atom. The minimum Gasteiger partial charge on any atom is -0.330 e. The van der Waals surface area contributed by atoms with Gasteiger partial charge in [-0.25, -0.2) is 4.98 Å². The number of hydrogen-bond donors (Lipinski definition) is 0. The van der Waals surface area contributed by atoms with Crippen LogP contribution in [-0.2, 0) is 7.05 Å². The van der Waals surface area contributed by atoms with Gasteiger partial charge in [0.2, 0.25) is 0 Å². The third kappa shape index (κ3) is 0.948. The summed E-state index contributed by atoms with van der Waals surface area (Å²) in [6.07, 6.45) is 3.58. The number of hydrogen-bond acceptors (Lipinski definition) is 2. The van der Waals surface area contributed by atoms with E-state index < -0.39 is 0 Å². The molecule has 0 aromatic carbocycles. The molecular weight excluding hydrogens is 218 g/mol. The number of halogens is 1. The molecule has 0 N–H and O–H groups in total. The zero-order valence-corrected chi connectivity index (χ0v) is 8.46. The summed E-state index contributed by atoms with van der Waals surface area (Å²) >= 11 is 3.41. The Balaban J connectivity index is 2.95. The standard InChI is InChI=1S/C8H8BrN3/c1-5-11-8-6(9)3-10-4-7(8)12(5)2/h3-4H,1-2H3. The van der Waals surface area contributed by atoms with Gasteiger partial charge in [-0.1, -0.05) is 0 Å². The van der Waals surface area contributed by atoms with Crippen molar-refractivity contribution in [3.63, 3.8) is 0 Å². The summed E-state index contributed by atoms with van der Waals surface area (Å²) in [7, 11) is 1.98. The van der Waals surface area contributed by atoms with Gasteiger partial charge in [-0.05, 0) is 22.9 Å². The molecule has 0 fully saturated rings. The average Bonchev–Trinajstić information content (AvgIpc) is 2.32. The number of nitrogens with zero attached hydrogens (tertiary/aromatic N) is 3. The van der Waals surface area contributed by atoms with Crippen molar-refractivity contribution in [2.45, 2.75) is 6.92 Å². The molecule has 0 aliphatic carbocycles. The molecule has 2 aromatic heterocycles. The minimum absolute atomic E-state index is 0.948. The zero-order chi connectivity index (χ0) is 8.72. The van der Waals surface area contributed by atoms with Crippen molar-refractivity contribution in [1.29, 1.82) is 0 Å². The molecule has 2 aromatic rings. The molecule has 2 heterocycles. The van der Waals surface area contributed by atoms with Crippen molar-refractivity contribution >= 4 is 27.0 Å². The minimum atomic E-state index is 0.948. The second-order valence-corrected chi connectivity index (χ2v) is 3.56. The first-order valence-electron chi connectivity index (χ1n) is 3.62. The van der Waals surface area contributed by atoms with Crippen molar-refractivity contribution in [2.75, 3.05) is 0 Å². The molecule has 3 nitrogen and oxygen atoms in total. The van der Waals surface area contributed by atoms with E-state index in [0.29, 0.717) is 0 Å². The van der Waals surface area contributed by atoms with Gasteiger partial charge < -0.3 is 4.57 Å². The Kier molecular flexibility index (Phi) is 1.65. The van der Waals surface area contributed by atoms with Crippen LogP contribution in [0.15, 0.2) is 16.9 Å². The summed E-state index contributed by atoms with van der Waals surface area (Å²) in [5.41, 5.74) is 2.03. The van der Waals surface area contributed by atoms with E-state index >= 15 is 0 Å². The summed E-state index contributed by atoms with van der Waals surface area (Å²) in [6, 6.07) is 0. The molecule has 62 valence electrons. The van der Waals surface area contributed by atoms with Gasteiger partial charge in [0.1, 0.15) is 11.3 Å². The van der Waals surface area contributed by atoms with Crippen LogP contribution in [0.4, 0.5) is 0 Å². The molecule has 0 atom stereocenters. The summed E-state index contributed by atoms with van der Waals surface area (Å²) in [4.78, 5) is 8.47. The first-order chi connectivity index (χ1) is 5.70.